The zero-order chi connectivity index (χ0) is 14.4. The molecule has 0 radical (unpaired) electrons. The van der Waals surface area contributed by atoms with Crippen LogP contribution >= 0.6 is 0 Å². The van der Waals surface area contributed by atoms with Crippen LogP contribution in [0.2, 0.25) is 0 Å². The first-order chi connectivity index (χ1) is 10.2. The largest absolute Gasteiger partial charge is 0.374 e. The molecule has 1 aromatic carbocycles. The first-order valence-corrected chi connectivity index (χ1v) is 6.91. The second-order valence-electron chi connectivity index (χ2n) is 5.44. The molecule has 0 aliphatic carbocycles. The molecule has 0 amide bonds. The van der Waals surface area contributed by atoms with Gasteiger partial charge in [0, 0.05) is 30.8 Å². The smallest absolute Gasteiger partial charge is 0.136 e. The predicted octanol–water partition coefficient (Wildman–Crippen LogP) is 2.51. The Morgan fingerprint density at radius 2 is 2.10 bits per heavy atom. The molecule has 1 atom stereocenters. The summed E-state index contributed by atoms with van der Waals surface area (Å²) in [6, 6.07) is 10.1. The summed E-state index contributed by atoms with van der Waals surface area (Å²) in [4.78, 5) is 6.16. The highest BCUT2D eigenvalue weighted by Gasteiger charge is 2.25. The van der Waals surface area contributed by atoms with Crippen molar-refractivity contribution in [2.24, 2.45) is 0 Å². The standard InChI is InChI=1S/C16H16N4O/c1-19-9-11-8-12(2-4-14(11)16(19)21)18-13-3-5-15-17-6-7-20(15)10-13/h2-8,10,16,18,21H,9H2,1H3. The minimum atomic E-state index is -0.489. The quantitative estimate of drug-likeness (QED) is 0.757. The van der Waals surface area contributed by atoms with Crippen LogP contribution in [0.4, 0.5) is 11.4 Å². The fourth-order valence-electron chi connectivity index (χ4n) is 2.83. The Balaban J connectivity index is 1.64. The van der Waals surface area contributed by atoms with Gasteiger partial charge in [-0.3, -0.25) is 4.90 Å². The normalized spacial score (nSPS) is 18.1. The Kier molecular flexibility index (Phi) is 2.70. The van der Waals surface area contributed by atoms with E-state index < -0.39 is 6.23 Å². The van der Waals surface area contributed by atoms with Gasteiger partial charge < -0.3 is 14.8 Å². The monoisotopic (exact) mass is 280 g/mol. The van der Waals surface area contributed by atoms with E-state index in [1.807, 2.05) is 53.0 Å². The summed E-state index contributed by atoms with van der Waals surface area (Å²) in [7, 11) is 1.92. The van der Waals surface area contributed by atoms with Gasteiger partial charge in [-0.25, -0.2) is 4.98 Å². The first kappa shape index (κ1) is 12.4. The van der Waals surface area contributed by atoms with Gasteiger partial charge in [0.15, 0.2) is 0 Å². The van der Waals surface area contributed by atoms with Crippen LogP contribution in [0.3, 0.4) is 0 Å². The van der Waals surface area contributed by atoms with Gasteiger partial charge in [-0.05, 0) is 42.4 Å². The fourth-order valence-corrected chi connectivity index (χ4v) is 2.83. The molecular formula is C16H16N4O. The zero-order valence-corrected chi connectivity index (χ0v) is 11.7. The van der Waals surface area contributed by atoms with Gasteiger partial charge in [0.05, 0.1) is 5.69 Å². The van der Waals surface area contributed by atoms with Crippen LogP contribution in [0.15, 0.2) is 48.9 Å². The topological polar surface area (TPSA) is 52.8 Å². The van der Waals surface area contributed by atoms with Crippen molar-refractivity contribution in [3.05, 3.63) is 60.0 Å². The van der Waals surface area contributed by atoms with Crippen molar-refractivity contribution in [2.45, 2.75) is 12.8 Å². The van der Waals surface area contributed by atoms with Gasteiger partial charge >= 0.3 is 0 Å². The van der Waals surface area contributed by atoms with Crippen molar-refractivity contribution in [2.75, 3.05) is 12.4 Å². The van der Waals surface area contributed by atoms with Crippen molar-refractivity contribution in [1.82, 2.24) is 14.3 Å². The van der Waals surface area contributed by atoms with Crippen LogP contribution in [-0.2, 0) is 6.54 Å². The Morgan fingerprint density at radius 3 is 3.00 bits per heavy atom. The van der Waals surface area contributed by atoms with Gasteiger partial charge in [0.1, 0.15) is 11.9 Å². The molecule has 0 saturated heterocycles. The second-order valence-corrected chi connectivity index (χ2v) is 5.44. The fraction of sp³-hybridized carbons (Fsp3) is 0.188. The molecule has 1 unspecified atom stereocenters. The third kappa shape index (κ3) is 2.07. The number of imidazole rings is 1. The van der Waals surface area contributed by atoms with E-state index in [4.69, 9.17) is 0 Å². The highest BCUT2D eigenvalue weighted by molar-refractivity contribution is 5.62. The van der Waals surface area contributed by atoms with E-state index >= 15 is 0 Å². The molecule has 5 nitrogen and oxygen atoms in total. The van der Waals surface area contributed by atoms with E-state index in [0.29, 0.717) is 0 Å². The predicted molar refractivity (Wildman–Crippen MR) is 81.3 cm³/mol. The molecule has 21 heavy (non-hydrogen) atoms. The number of nitrogens with zero attached hydrogens (tertiary/aromatic N) is 3. The lowest BCUT2D eigenvalue weighted by Crippen LogP contribution is -2.15. The molecule has 1 aliphatic heterocycles. The number of pyridine rings is 1. The number of benzene rings is 1. The van der Waals surface area contributed by atoms with E-state index in [-0.39, 0.29) is 0 Å². The number of nitrogens with one attached hydrogen (secondary N) is 1. The van der Waals surface area contributed by atoms with Crippen LogP contribution in [0.25, 0.3) is 5.65 Å². The van der Waals surface area contributed by atoms with E-state index in [0.717, 1.165) is 29.1 Å². The van der Waals surface area contributed by atoms with Crippen LogP contribution in [0, 0.1) is 0 Å². The number of aliphatic hydroxyl groups is 1. The lowest BCUT2D eigenvalue weighted by molar-refractivity contribution is 0.0337. The lowest BCUT2D eigenvalue weighted by Gasteiger charge is -2.12. The van der Waals surface area contributed by atoms with Crippen LogP contribution in [0.1, 0.15) is 17.4 Å². The number of rotatable bonds is 2. The zero-order valence-electron chi connectivity index (χ0n) is 11.7. The Hall–Kier alpha value is -2.37. The highest BCUT2D eigenvalue weighted by Crippen LogP contribution is 2.32. The van der Waals surface area contributed by atoms with Crippen LogP contribution < -0.4 is 5.32 Å². The minimum absolute atomic E-state index is 0.489. The molecular weight excluding hydrogens is 264 g/mol. The number of fused-ring (bicyclic) bond motifs is 2. The average Bonchev–Trinajstić information content (AvgIpc) is 3.04. The summed E-state index contributed by atoms with van der Waals surface area (Å²) in [5.74, 6) is 0. The van der Waals surface area contributed by atoms with Gasteiger partial charge in [0.25, 0.3) is 0 Å². The van der Waals surface area contributed by atoms with E-state index in [1.165, 1.54) is 5.56 Å². The molecule has 3 heterocycles. The molecule has 5 heteroatoms. The summed E-state index contributed by atoms with van der Waals surface area (Å²) in [5.41, 5.74) is 5.12. The number of aliphatic hydroxyl groups excluding tert-OH is 1. The Morgan fingerprint density at radius 1 is 1.24 bits per heavy atom. The maximum Gasteiger partial charge on any atom is 0.136 e. The van der Waals surface area contributed by atoms with Crippen molar-refractivity contribution < 1.29 is 5.11 Å². The summed E-state index contributed by atoms with van der Waals surface area (Å²) in [6.45, 7) is 0.770. The molecule has 1 aliphatic rings. The number of hydrogen-bond donors (Lipinski definition) is 2. The summed E-state index contributed by atoms with van der Waals surface area (Å²) in [5, 5.41) is 13.4. The average molecular weight is 280 g/mol. The van der Waals surface area contributed by atoms with Crippen molar-refractivity contribution in [3.63, 3.8) is 0 Å². The molecule has 0 saturated carbocycles. The molecule has 3 aromatic rings. The third-order valence-corrected chi connectivity index (χ3v) is 3.94. The van der Waals surface area contributed by atoms with E-state index in [2.05, 4.69) is 16.4 Å². The van der Waals surface area contributed by atoms with Crippen LogP contribution in [-0.4, -0.2) is 26.4 Å². The molecule has 2 N–H and O–H groups in total. The van der Waals surface area contributed by atoms with Crippen molar-refractivity contribution >= 4 is 17.0 Å². The second kappa shape index (κ2) is 4.58. The maximum atomic E-state index is 10.0. The minimum Gasteiger partial charge on any atom is -0.374 e. The lowest BCUT2D eigenvalue weighted by atomic mass is 10.1. The molecule has 0 fully saturated rings. The number of aromatic nitrogens is 2. The summed E-state index contributed by atoms with van der Waals surface area (Å²) < 4.78 is 1.98. The number of hydrogen-bond acceptors (Lipinski definition) is 4. The van der Waals surface area contributed by atoms with Gasteiger partial charge in [-0.2, -0.15) is 0 Å². The SMILES string of the molecule is CN1Cc2cc(Nc3ccc4nccn4c3)ccc2C1O. The third-order valence-electron chi connectivity index (χ3n) is 3.94. The molecule has 4 rings (SSSR count). The number of anilines is 2. The summed E-state index contributed by atoms with van der Waals surface area (Å²) in [6.07, 6.45) is 5.23. The Labute approximate surface area is 122 Å². The van der Waals surface area contributed by atoms with Gasteiger partial charge in [-0.15, -0.1) is 0 Å². The maximum absolute atomic E-state index is 10.0. The molecule has 0 spiro atoms. The molecule has 106 valence electrons. The Bertz CT molecular complexity index is 811. The van der Waals surface area contributed by atoms with E-state index in [9.17, 15) is 5.11 Å². The van der Waals surface area contributed by atoms with Gasteiger partial charge in [-0.1, -0.05) is 6.07 Å². The van der Waals surface area contributed by atoms with Gasteiger partial charge in [0.2, 0.25) is 0 Å². The summed E-state index contributed by atoms with van der Waals surface area (Å²) >= 11 is 0. The molecule has 0 bridgehead atoms. The van der Waals surface area contributed by atoms with Crippen LogP contribution in [0.5, 0.6) is 0 Å². The van der Waals surface area contributed by atoms with Crippen molar-refractivity contribution in [1.29, 1.82) is 0 Å². The highest BCUT2D eigenvalue weighted by atomic mass is 16.3. The van der Waals surface area contributed by atoms with Crippen molar-refractivity contribution in [3.8, 4) is 0 Å². The first-order valence-electron chi connectivity index (χ1n) is 6.91. The van der Waals surface area contributed by atoms with E-state index in [1.54, 1.807) is 6.20 Å². The molecule has 2 aromatic heterocycles.